The minimum absolute atomic E-state index is 0.152. The molecule has 0 saturated carbocycles. The van der Waals surface area contributed by atoms with E-state index in [0.29, 0.717) is 31.9 Å². The minimum Gasteiger partial charge on any atom is -0.481 e. The molecule has 0 aliphatic carbocycles. The van der Waals surface area contributed by atoms with Gasteiger partial charge in [-0.2, -0.15) is 0 Å². The van der Waals surface area contributed by atoms with Crippen molar-refractivity contribution in [3.05, 3.63) is 96.4 Å². The Kier molecular flexibility index (Phi) is 7.98. The first kappa shape index (κ1) is 26.0. The van der Waals surface area contributed by atoms with E-state index >= 15 is 0 Å². The second-order valence-electron chi connectivity index (χ2n) is 7.99. The van der Waals surface area contributed by atoms with Crippen molar-refractivity contribution < 1.29 is 28.2 Å². The molecule has 4 rings (SSSR count). The summed E-state index contributed by atoms with van der Waals surface area (Å²) >= 11 is 1.15. The summed E-state index contributed by atoms with van der Waals surface area (Å²) in [5, 5.41) is 0. The van der Waals surface area contributed by atoms with Gasteiger partial charge in [-0.05, 0) is 50.6 Å². The third-order valence-corrected chi connectivity index (χ3v) is 6.54. The van der Waals surface area contributed by atoms with E-state index in [0.717, 1.165) is 11.3 Å². The summed E-state index contributed by atoms with van der Waals surface area (Å²) in [6.45, 7) is 5.20. The number of halogens is 1. The fourth-order valence-corrected chi connectivity index (χ4v) is 5.00. The van der Waals surface area contributed by atoms with Crippen LogP contribution in [0.3, 0.4) is 0 Å². The Balaban J connectivity index is 1.84. The van der Waals surface area contributed by atoms with Crippen molar-refractivity contribution in [3.8, 4) is 5.75 Å². The summed E-state index contributed by atoms with van der Waals surface area (Å²) < 4.78 is 31.2. The van der Waals surface area contributed by atoms with Crippen molar-refractivity contribution >= 4 is 29.4 Å². The van der Waals surface area contributed by atoms with Crippen LogP contribution in [0.4, 0.5) is 4.39 Å². The van der Waals surface area contributed by atoms with E-state index in [9.17, 15) is 18.8 Å². The van der Waals surface area contributed by atoms with Gasteiger partial charge >= 0.3 is 11.9 Å². The number of nitrogens with zero attached hydrogens (tertiary/aromatic N) is 2. The average Bonchev–Trinajstić information content (AvgIpc) is 3.17. The van der Waals surface area contributed by atoms with Crippen LogP contribution in [0, 0.1) is 5.82 Å². The van der Waals surface area contributed by atoms with Crippen LogP contribution in [0.2, 0.25) is 0 Å². The van der Waals surface area contributed by atoms with Crippen molar-refractivity contribution in [2.24, 2.45) is 4.99 Å². The SMILES string of the molecule is CCOC(=O)COc1ccccc1/C=c1\sc2n(c1=O)[C@@H](c1ccc(F)cc1)C(C(=O)OCC)=C(C)N=2. The molecule has 1 aromatic heterocycles. The molecule has 1 aliphatic heterocycles. The number of hydrogen-bond donors (Lipinski definition) is 0. The molecule has 0 saturated heterocycles. The van der Waals surface area contributed by atoms with Gasteiger partial charge in [0.1, 0.15) is 11.6 Å². The molecule has 37 heavy (non-hydrogen) atoms. The van der Waals surface area contributed by atoms with E-state index in [-0.39, 0.29) is 31.0 Å². The van der Waals surface area contributed by atoms with E-state index in [4.69, 9.17) is 14.2 Å². The molecule has 3 aromatic rings. The largest absolute Gasteiger partial charge is 0.481 e. The molecule has 0 unspecified atom stereocenters. The van der Waals surface area contributed by atoms with Crippen LogP contribution in [0.1, 0.15) is 37.9 Å². The summed E-state index contributed by atoms with van der Waals surface area (Å²) in [6.07, 6.45) is 1.65. The van der Waals surface area contributed by atoms with Gasteiger partial charge in [0.15, 0.2) is 11.4 Å². The Hall–Kier alpha value is -4.05. The van der Waals surface area contributed by atoms with E-state index in [2.05, 4.69) is 4.99 Å². The first-order valence-electron chi connectivity index (χ1n) is 11.7. The fraction of sp³-hybridized carbons (Fsp3) is 0.259. The zero-order chi connectivity index (χ0) is 26.5. The first-order valence-corrected chi connectivity index (χ1v) is 12.5. The van der Waals surface area contributed by atoms with Crippen molar-refractivity contribution in [1.29, 1.82) is 0 Å². The lowest BCUT2D eigenvalue weighted by Gasteiger charge is -2.24. The zero-order valence-electron chi connectivity index (χ0n) is 20.5. The minimum atomic E-state index is -0.839. The summed E-state index contributed by atoms with van der Waals surface area (Å²) in [6, 6.07) is 11.8. The fourth-order valence-electron chi connectivity index (χ4n) is 3.96. The van der Waals surface area contributed by atoms with Crippen LogP contribution in [-0.4, -0.2) is 36.3 Å². The molecular weight excluding hydrogens is 499 g/mol. The lowest BCUT2D eigenvalue weighted by atomic mass is 9.96. The van der Waals surface area contributed by atoms with Gasteiger partial charge in [0.2, 0.25) is 0 Å². The third-order valence-electron chi connectivity index (χ3n) is 5.56. The maximum absolute atomic E-state index is 13.7. The number of aromatic nitrogens is 1. The van der Waals surface area contributed by atoms with Crippen molar-refractivity contribution in [3.63, 3.8) is 0 Å². The second-order valence-corrected chi connectivity index (χ2v) is 8.99. The van der Waals surface area contributed by atoms with Crippen molar-refractivity contribution in [2.75, 3.05) is 19.8 Å². The number of fused-ring (bicyclic) bond motifs is 1. The lowest BCUT2D eigenvalue weighted by Crippen LogP contribution is -2.39. The highest BCUT2D eigenvalue weighted by Gasteiger charge is 2.33. The molecule has 1 atom stereocenters. The number of para-hydroxylation sites is 1. The number of allylic oxidation sites excluding steroid dienone is 1. The number of esters is 2. The molecule has 0 spiro atoms. The Labute approximate surface area is 215 Å². The number of carbonyl (C=O) groups is 2. The maximum Gasteiger partial charge on any atom is 0.344 e. The number of hydrogen-bond acceptors (Lipinski definition) is 8. The van der Waals surface area contributed by atoms with Crippen LogP contribution in [0.5, 0.6) is 5.75 Å². The highest BCUT2D eigenvalue weighted by atomic mass is 32.1. The first-order chi connectivity index (χ1) is 17.8. The van der Waals surface area contributed by atoms with Gasteiger partial charge in [-0.3, -0.25) is 9.36 Å². The van der Waals surface area contributed by atoms with Gasteiger partial charge < -0.3 is 14.2 Å². The molecular formula is C27H25FN2O6S. The molecule has 0 amide bonds. The Bertz CT molecular complexity index is 1540. The Morgan fingerprint density at radius 2 is 1.78 bits per heavy atom. The number of ether oxygens (including phenoxy) is 3. The van der Waals surface area contributed by atoms with Crippen LogP contribution in [-0.2, 0) is 19.1 Å². The van der Waals surface area contributed by atoms with Gasteiger partial charge in [-0.1, -0.05) is 41.7 Å². The molecule has 0 fully saturated rings. The molecule has 0 N–H and O–H groups in total. The molecule has 0 bridgehead atoms. The highest BCUT2D eigenvalue weighted by Crippen LogP contribution is 2.30. The normalized spacial score (nSPS) is 15.1. The molecule has 10 heteroatoms. The lowest BCUT2D eigenvalue weighted by molar-refractivity contribution is -0.145. The Morgan fingerprint density at radius 3 is 2.49 bits per heavy atom. The Morgan fingerprint density at radius 1 is 1.08 bits per heavy atom. The van der Waals surface area contributed by atoms with Crippen molar-refractivity contribution in [2.45, 2.75) is 26.8 Å². The molecule has 8 nitrogen and oxygen atoms in total. The average molecular weight is 525 g/mol. The number of carbonyl (C=O) groups excluding carboxylic acids is 2. The van der Waals surface area contributed by atoms with Gasteiger partial charge in [0, 0.05) is 5.56 Å². The van der Waals surface area contributed by atoms with Gasteiger partial charge in [-0.15, -0.1) is 0 Å². The quantitative estimate of drug-likeness (QED) is 0.421. The summed E-state index contributed by atoms with van der Waals surface area (Å²) in [7, 11) is 0. The molecule has 0 radical (unpaired) electrons. The molecule has 192 valence electrons. The predicted molar refractivity (Wildman–Crippen MR) is 135 cm³/mol. The van der Waals surface area contributed by atoms with Gasteiger partial charge in [0.25, 0.3) is 5.56 Å². The third kappa shape index (κ3) is 5.54. The number of rotatable bonds is 8. The number of benzene rings is 2. The van der Waals surface area contributed by atoms with E-state index in [1.54, 1.807) is 51.1 Å². The number of thiazole rings is 1. The zero-order valence-corrected chi connectivity index (χ0v) is 21.3. The van der Waals surface area contributed by atoms with Crippen LogP contribution in [0.15, 0.2) is 69.6 Å². The van der Waals surface area contributed by atoms with Gasteiger partial charge in [-0.25, -0.2) is 19.0 Å². The van der Waals surface area contributed by atoms with Crippen molar-refractivity contribution in [1.82, 2.24) is 4.57 Å². The van der Waals surface area contributed by atoms with Gasteiger partial charge in [0.05, 0.1) is 35.1 Å². The summed E-state index contributed by atoms with van der Waals surface area (Å²) in [5.41, 5.74) is 1.37. The standard InChI is InChI=1S/C27H25FN2O6S/c1-4-34-22(31)15-36-20-9-7-6-8-18(20)14-21-25(32)30-24(17-10-12-19(28)13-11-17)23(26(33)35-5-2)16(3)29-27(30)37-21/h6-14,24H,4-5,15H2,1-3H3/b21-14-/t24-/m0/s1. The molecule has 2 aromatic carbocycles. The highest BCUT2D eigenvalue weighted by molar-refractivity contribution is 7.07. The van der Waals surface area contributed by atoms with Crippen LogP contribution >= 0.6 is 11.3 Å². The summed E-state index contributed by atoms with van der Waals surface area (Å²) in [4.78, 5) is 43.2. The molecule has 1 aliphatic rings. The second kappa shape index (κ2) is 11.3. The molecule has 2 heterocycles. The van der Waals surface area contributed by atoms with E-state index in [1.165, 1.54) is 28.8 Å². The monoisotopic (exact) mass is 524 g/mol. The van der Waals surface area contributed by atoms with E-state index in [1.807, 2.05) is 0 Å². The maximum atomic E-state index is 13.7. The predicted octanol–water partition coefficient (Wildman–Crippen LogP) is 2.88. The smallest absolute Gasteiger partial charge is 0.344 e. The topological polar surface area (TPSA) is 96.2 Å². The summed E-state index contributed by atoms with van der Waals surface area (Å²) in [5.74, 6) is -1.13. The van der Waals surface area contributed by atoms with Crippen LogP contribution in [0.25, 0.3) is 6.08 Å². The van der Waals surface area contributed by atoms with E-state index < -0.39 is 23.8 Å². The van der Waals surface area contributed by atoms with Crippen LogP contribution < -0.4 is 19.6 Å².